The lowest BCUT2D eigenvalue weighted by Gasteiger charge is -2.12. The number of rotatable bonds is 5. The molecule has 0 bridgehead atoms. The van der Waals surface area contributed by atoms with Gasteiger partial charge >= 0.3 is 0 Å². The molecule has 6 heteroatoms. The Kier molecular flexibility index (Phi) is 4.73. The number of para-hydroxylation sites is 1. The molecule has 0 saturated carbocycles. The zero-order chi connectivity index (χ0) is 17.9. The van der Waals surface area contributed by atoms with E-state index in [2.05, 4.69) is 32.0 Å². The van der Waals surface area contributed by atoms with E-state index in [0.29, 0.717) is 11.0 Å². The van der Waals surface area contributed by atoms with Crippen LogP contribution in [-0.4, -0.2) is 9.97 Å². The van der Waals surface area contributed by atoms with Gasteiger partial charge in [0.1, 0.15) is 5.82 Å². The van der Waals surface area contributed by atoms with E-state index in [1.807, 2.05) is 55.5 Å². The lowest BCUT2D eigenvalue weighted by molar-refractivity contribution is 1.13. The second kappa shape index (κ2) is 7.32. The quantitative estimate of drug-likeness (QED) is 0.445. The maximum Gasteiger partial charge on any atom is 0.229 e. The lowest BCUT2D eigenvalue weighted by atomic mass is 10.2. The van der Waals surface area contributed by atoms with Crippen LogP contribution in [-0.2, 0) is 6.54 Å². The summed E-state index contributed by atoms with van der Waals surface area (Å²) in [5.74, 6) is 1.35. The van der Waals surface area contributed by atoms with Crippen molar-refractivity contribution < 1.29 is 0 Å². The van der Waals surface area contributed by atoms with Crippen LogP contribution >= 0.6 is 22.9 Å². The van der Waals surface area contributed by atoms with Gasteiger partial charge in [0.2, 0.25) is 5.95 Å². The van der Waals surface area contributed by atoms with E-state index < -0.39 is 0 Å². The van der Waals surface area contributed by atoms with E-state index >= 15 is 0 Å². The number of aromatic nitrogens is 2. The van der Waals surface area contributed by atoms with Crippen LogP contribution in [0.15, 0.2) is 60.0 Å². The number of aryl methyl sites for hydroxylation is 1. The van der Waals surface area contributed by atoms with E-state index in [9.17, 15) is 0 Å². The molecule has 2 aromatic heterocycles. The third-order valence-electron chi connectivity index (χ3n) is 3.91. The molecule has 4 nitrogen and oxygen atoms in total. The molecule has 4 rings (SSSR count). The molecule has 4 aromatic rings. The predicted octanol–water partition coefficient (Wildman–Crippen LogP) is 6.01. The molecule has 0 unspecified atom stereocenters. The van der Waals surface area contributed by atoms with Gasteiger partial charge in [-0.1, -0.05) is 29.8 Å². The molecular formula is C20H17ClN4S. The van der Waals surface area contributed by atoms with Crippen molar-refractivity contribution in [3.05, 3.63) is 75.4 Å². The lowest BCUT2D eigenvalue weighted by Crippen LogP contribution is -2.05. The van der Waals surface area contributed by atoms with Gasteiger partial charge in [0.25, 0.3) is 0 Å². The Labute approximate surface area is 160 Å². The Hall–Kier alpha value is -2.63. The molecule has 0 spiro atoms. The Morgan fingerprint density at radius 3 is 2.73 bits per heavy atom. The van der Waals surface area contributed by atoms with Crippen molar-refractivity contribution in [2.75, 3.05) is 10.6 Å². The molecule has 0 aliphatic heterocycles. The number of thiophene rings is 1. The first-order valence-electron chi connectivity index (χ1n) is 8.25. The minimum Gasteiger partial charge on any atom is -0.364 e. The molecule has 0 fully saturated rings. The fourth-order valence-electron chi connectivity index (χ4n) is 2.79. The van der Waals surface area contributed by atoms with Crippen molar-refractivity contribution in [1.82, 2.24) is 9.97 Å². The van der Waals surface area contributed by atoms with Crippen LogP contribution in [0.5, 0.6) is 0 Å². The van der Waals surface area contributed by atoms with Crippen molar-refractivity contribution in [3.63, 3.8) is 0 Å². The van der Waals surface area contributed by atoms with Crippen LogP contribution in [0.2, 0.25) is 5.02 Å². The molecule has 0 aliphatic rings. The first-order chi connectivity index (χ1) is 12.7. The minimum absolute atomic E-state index is 0.541. The fourth-order valence-corrected chi connectivity index (χ4v) is 3.72. The number of hydrogen-bond donors (Lipinski definition) is 2. The zero-order valence-corrected chi connectivity index (χ0v) is 15.7. The molecule has 0 amide bonds. The molecule has 2 aromatic carbocycles. The van der Waals surface area contributed by atoms with Crippen LogP contribution < -0.4 is 10.6 Å². The van der Waals surface area contributed by atoms with Gasteiger partial charge < -0.3 is 10.6 Å². The number of nitrogens with one attached hydrogen (secondary N) is 2. The van der Waals surface area contributed by atoms with Gasteiger partial charge in [0, 0.05) is 21.0 Å². The van der Waals surface area contributed by atoms with Gasteiger partial charge in [0.15, 0.2) is 0 Å². The van der Waals surface area contributed by atoms with E-state index in [-0.39, 0.29) is 0 Å². The van der Waals surface area contributed by atoms with Crippen LogP contribution in [0.25, 0.3) is 10.9 Å². The maximum absolute atomic E-state index is 6.16. The SMILES string of the molecule is Cc1cc(Cl)cc(Nc2nc(NCc3cccs3)c3ccccc3n2)c1. The third kappa shape index (κ3) is 3.79. The maximum atomic E-state index is 6.16. The van der Waals surface area contributed by atoms with Crippen LogP contribution in [0.3, 0.4) is 0 Å². The Bertz CT molecular complexity index is 1030. The van der Waals surface area contributed by atoms with Crippen molar-refractivity contribution in [2.45, 2.75) is 13.5 Å². The van der Waals surface area contributed by atoms with E-state index in [1.165, 1.54) is 4.88 Å². The number of fused-ring (bicyclic) bond motifs is 1. The summed E-state index contributed by atoms with van der Waals surface area (Å²) < 4.78 is 0. The highest BCUT2D eigenvalue weighted by molar-refractivity contribution is 7.09. The summed E-state index contributed by atoms with van der Waals surface area (Å²) in [7, 11) is 0. The van der Waals surface area contributed by atoms with Crippen LogP contribution in [0, 0.1) is 6.92 Å². The summed E-state index contributed by atoms with van der Waals surface area (Å²) in [5, 5.41) is 10.5. The highest BCUT2D eigenvalue weighted by atomic mass is 35.5. The molecule has 0 aliphatic carbocycles. The Balaban J connectivity index is 1.68. The summed E-state index contributed by atoms with van der Waals surface area (Å²) in [6.45, 7) is 2.74. The van der Waals surface area contributed by atoms with Crippen LogP contribution in [0.4, 0.5) is 17.5 Å². The highest BCUT2D eigenvalue weighted by Gasteiger charge is 2.08. The summed E-state index contributed by atoms with van der Waals surface area (Å²) >= 11 is 7.88. The second-order valence-corrected chi connectivity index (χ2v) is 7.46. The average Bonchev–Trinajstić information content (AvgIpc) is 3.12. The number of nitrogens with zero attached hydrogens (tertiary/aromatic N) is 2. The largest absolute Gasteiger partial charge is 0.364 e. The summed E-state index contributed by atoms with van der Waals surface area (Å²) in [6, 6.07) is 17.9. The molecule has 130 valence electrons. The van der Waals surface area contributed by atoms with Gasteiger partial charge in [-0.25, -0.2) is 4.98 Å². The van der Waals surface area contributed by atoms with E-state index in [4.69, 9.17) is 11.6 Å². The van der Waals surface area contributed by atoms with Crippen molar-refractivity contribution >= 4 is 51.3 Å². The van der Waals surface area contributed by atoms with Crippen molar-refractivity contribution in [3.8, 4) is 0 Å². The van der Waals surface area contributed by atoms with Gasteiger partial charge in [-0.15, -0.1) is 11.3 Å². The van der Waals surface area contributed by atoms with Gasteiger partial charge in [-0.05, 0) is 54.3 Å². The van der Waals surface area contributed by atoms with Crippen molar-refractivity contribution in [2.24, 2.45) is 0 Å². The minimum atomic E-state index is 0.541. The van der Waals surface area contributed by atoms with Gasteiger partial charge in [0.05, 0.1) is 12.1 Å². The number of benzene rings is 2. The number of anilines is 3. The molecule has 2 heterocycles. The average molecular weight is 381 g/mol. The molecule has 0 radical (unpaired) electrons. The number of hydrogen-bond acceptors (Lipinski definition) is 5. The van der Waals surface area contributed by atoms with Gasteiger partial charge in [-0.2, -0.15) is 4.98 Å². The fraction of sp³-hybridized carbons (Fsp3) is 0.100. The first-order valence-corrected chi connectivity index (χ1v) is 9.50. The van der Waals surface area contributed by atoms with Gasteiger partial charge in [-0.3, -0.25) is 0 Å². The third-order valence-corrected chi connectivity index (χ3v) is 5.01. The molecular weight excluding hydrogens is 364 g/mol. The topological polar surface area (TPSA) is 49.8 Å². The Morgan fingerprint density at radius 2 is 1.92 bits per heavy atom. The summed E-state index contributed by atoms with van der Waals surface area (Å²) in [6.07, 6.45) is 0. The normalized spacial score (nSPS) is 10.8. The zero-order valence-electron chi connectivity index (χ0n) is 14.2. The monoisotopic (exact) mass is 380 g/mol. The Morgan fingerprint density at radius 1 is 1.04 bits per heavy atom. The first kappa shape index (κ1) is 16.8. The summed E-state index contributed by atoms with van der Waals surface area (Å²) in [4.78, 5) is 10.6. The highest BCUT2D eigenvalue weighted by Crippen LogP contribution is 2.26. The molecule has 0 atom stereocenters. The summed E-state index contributed by atoms with van der Waals surface area (Å²) in [5.41, 5.74) is 2.84. The molecule has 2 N–H and O–H groups in total. The number of halogens is 1. The van der Waals surface area contributed by atoms with E-state index in [1.54, 1.807) is 11.3 Å². The predicted molar refractivity (Wildman–Crippen MR) is 111 cm³/mol. The van der Waals surface area contributed by atoms with Crippen molar-refractivity contribution in [1.29, 1.82) is 0 Å². The second-order valence-electron chi connectivity index (χ2n) is 5.99. The smallest absolute Gasteiger partial charge is 0.229 e. The van der Waals surface area contributed by atoms with E-state index in [0.717, 1.165) is 34.5 Å². The molecule has 0 saturated heterocycles. The van der Waals surface area contributed by atoms with Crippen LogP contribution in [0.1, 0.15) is 10.4 Å². The molecule has 26 heavy (non-hydrogen) atoms. The standard InChI is InChI=1S/C20H17ClN4S/c1-13-9-14(21)11-15(10-13)23-20-24-18-7-3-2-6-17(18)19(25-20)22-12-16-5-4-8-26-16/h2-11H,12H2,1H3,(H2,22,23,24,25).